The normalized spacial score (nSPS) is 13.8. The van der Waals surface area contributed by atoms with Crippen molar-refractivity contribution in [1.82, 2.24) is 0 Å². The SMILES string of the molecule is CCOc1ccc(NC(=O)COc2cccc(/C=C3\SC(=S)N(c4ccc(Oc5ccccc5)cc4)C3=O)c2)cc1. The molecule has 1 N–H and O–H groups in total. The molecular formula is C32H26N2O5S2. The maximum absolute atomic E-state index is 13.3. The highest BCUT2D eigenvalue weighted by Gasteiger charge is 2.33. The van der Waals surface area contributed by atoms with E-state index < -0.39 is 0 Å². The molecule has 0 spiro atoms. The van der Waals surface area contributed by atoms with Crippen molar-refractivity contribution in [2.45, 2.75) is 6.92 Å². The Labute approximate surface area is 247 Å². The summed E-state index contributed by atoms with van der Waals surface area (Å²) < 4.78 is 17.4. The van der Waals surface area contributed by atoms with Crippen LogP contribution >= 0.6 is 24.0 Å². The van der Waals surface area contributed by atoms with Crippen LogP contribution in [-0.2, 0) is 9.59 Å². The average Bonchev–Trinajstić information content (AvgIpc) is 3.26. The van der Waals surface area contributed by atoms with Gasteiger partial charge in [-0.05, 0) is 91.4 Å². The van der Waals surface area contributed by atoms with E-state index in [1.807, 2.05) is 43.3 Å². The number of hydrogen-bond donors (Lipinski definition) is 1. The number of anilines is 2. The fourth-order valence-corrected chi connectivity index (χ4v) is 5.27. The number of benzene rings is 4. The molecule has 0 radical (unpaired) electrons. The second-order valence-corrected chi connectivity index (χ2v) is 10.5. The predicted molar refractivity (Wildman–Crippen MR) is 167 cm³/mol. The van der Waals surface area contributed by atoms with E-state index in [9.17, 15) is 9.59 Å². The third-order valence-corrected chi connectivity index (χ3v) is 7.14. The number of amides is 2. The minimum absolute atomic E-state index is 0.164. The third-order valence-electron chi connectivity index (χ3n) is 5.84. The zero-order valence-corrected chi connectivity index (χ0v) is 23.7. The van der Waals surface area contributed by atoms with Crippen molar-refractivity contribution in [2.24, 2.45) is 0 Å². The molecule has 0 aliphatic carbocycles. The van der Waals surface area contributed by atoms with Gasteiger partial charge < -0.3 is 19.5 Å². The molecular weight excluding hydrogens is 556 g/mol. The van der Waals surface area contributed by atoms with Gasteiger partial charge in [0.05, 0.1) is 17.2 Å². The van der Waals surface area contributed by atoms with Gasteiger partial charge >= 0.3 is 0 Å². The van der Waals surface area contributed by atoms with Gasteiger partial charge in [-0.1, -0.05) is 54.3 Å². The maximum atomic E-state index is 13.3. The van der Waals surface area contributed by atoms with E-state index >= 15 is 0 Å². The molecule has 2 amide bonds. The Hall–Kier alpha value is -4.60. The van der Waals surface area contributed by atoms with Gasteiger partial charge in [-0.25, -0.2) is 0 Å². The monoisotopic (exact) mass is 582 g/mol. The molecule has 0 bridgehead atoms. The van der Waals surface area contributed by atoms with Crippen LogP contribution in [0, 0.1) is 0 Å². The highest BCUT2D eigenvalue weighted by Crippen LogP contribution is 2.37. The fourth-order valence-electron chi connectivity index (χ4n) is 3.97. The molecule has 4 aromatic carbocycles. The molecule has 4 aromatic rings. The van der Waals surface area contributed by atoms with Crippen molar-refractivity contribution in [3.8, 4) is 23.0 Å². The molecule has 1 fully saturated rings. The Morgan fingerprint density at radius 1 is 0.854 bits per heavy atom. The second kappa shape index (κ2) is 13.2. The molecule has 0 aromatic heterocycles. The molecule has 5 rings (SSSR count). The van der Waals surface area contributed by atoms with Gasteiger partial charge in [-0.2, -0.15) is 0 Å². The minimum Gasteiger partial charge on any atom is -0.494 e. The Kier molecular flexibility index (Phi) is 8.98. The number of ether oxygens (including phenoxy) is 3. The first-order chi connectivity index (χ1) is 20.0. The van der Waals surface area contributed by atoms with E-state index in [0.29, 0.717) is 38.7 Å². The molecule has 1 aliphatic heterocycles. The summed E-state index contributed by atoms with van der Waals surface area (Å²) in [6.45, 7) is 2.32. The van der Waals surface area contributed by atoms with E-state index in [1.54, 1.807) is 72.8 Å². The smallest absolute Gasteiger partial charge is 0.270 e. The number of carbonyl (C=O) groups is 2. The van der Waals surface area contributed by atoms with Crippen molar-refractivity contribution in [3.05, 3.63) is 114 Å². The van der Waals surface area contributed by atoms with E-state index in [0.717, 1.165) is 17.1 Å². The lowest BCUT2D eigenvalue weighted by Gasteiger charge is -2.15. The van der Waals surface area contributed by atoms with Crippen LogP contribution in [0.1, 0.15) is 12.5 Å². The quantitative estimate of drug-likeness (QED) is 0.155. The first-order valence-electron chi connectivity index (χ1n) is 12.8. The van der Waals surface area contributed by atoms with E-state index in [1.165, 1.54) is 16.7 Å². The second-order valence-electron chi connectivity index (χ2n) is 8.79. The molecule has 0 atom stereocenters. The summed E-state index contributed by atoms with van der Waals surface area (Å²) in [7, 11) is 0. The number of nitrogens with zero attached hydrogens (tertiary/aromatic N) is 1. The van der Waals surface area contributed by atoms with Gasteiger partial charge in [0.15, 0.2) is 10.9 Å². The summed E-state index contributed by atoms with van der Waals surface area (Å²) in [5, 5.41) is 2.79. The van der Waals surface area contributed by atoms with Gasteiger partial charge in [0.1, 0.15) is 23.0 Å². The predicted octanol–water partition coefficient (Wildman–Crippen LogP) is 7.30. The van der Waals surface area contributed by atoms with Crippen molar-refractivity contribution >= 4 is 57.6 Å². The fraction of sp³-hybridized carbons (Fsp3) is 0.0938. The zero-order chi connectivity index (χ0) is 28.6. The Morgan fingerprint density at radius 3 is 2.27 bits per heavy atom. The zero-order valence-electron chi connectivity index (χ0n) is 22.1. The highest BCUT2D eigenvalue weighted by atomic mass is 32.2. The summed E-state index contributed by atoms with van der Waals surface area (Å²) in [6.07, 6.45) is 1.76. The molecule has 1 saturated heterocycles. The van der Waals surface area contributed by atoms with E-state index in [-0.39, 0.29) is 18.4 Å². The van der Waals surface area contributed by atoms with Gasteiger partial charge in [-0.15, -0.1) is 0 Å². The lowest BCUT2D eigenvalue weighted by molar-refractivity contribution is -0.118. The molecule has 9 heteroatoms. The van der Waals surface area contributed by atoms with E-state index in [2.05, 4.69) is 5.32 Å². The minimum atomic E-state index is -0.291. The molecule has 0 saturated carbocycles. The number of carbonyl (C=O) groups excluding carboxylic acids is 2. The maximum Gasteiger partial charge on any atom is 0.270 e. The van der Waals surface area contributed by atoms with Crippen molar-refractivity contribution in [1.29, 1.82) is 0 Å². The summed E-state index contributed by atoms with van der Waals surface area (Å²) >= 11 is 6.75. The van der Waals surface area contributed by atoms with Gasteiger partial charge in [-0.3, -0.25) is 14.5 Å². The summed E-state index contributed by atoms with van der Waals surface area (Å²) in [4.78, 5) is 27.6. The Morgan fingerprint density at radius 2 is 1.54 bits per heavy atom. The number of para-hydroxylation sites is 1. The van der Waals surface area contributed by atoms with Crippen LogP contribution in [0.2, 0.25) is 0 Å². The van der Waals surface area contributed by atoms with Gasteiger partial charge in [0.2, 0.25) is 0 Å². The van der Waals surface area contributed by atoms with Crippen LogP contribution in [0.5, 0.6) is 23.0 Å². The summed E-state index contributed by atoms with van der Waals surface area (Å²) in [5.74, 6) is 2.13. The first-order valence-corrected chi connectivity index (χ1v) is 14.1. The largest absolute Gasteiger partial charge is 0.494 e. The van der Waals surface area contributed by atoms with Crippen LogP contribution in [0.3, 0.4) is 0 Å². The lowest BCUT2D eigenvalue weighted by Crippen LogP contribution is -2.27. The van der Waals surface area contributed by atoms with Crippen molar-refractivity contribution in [3.63, 3.8) is 0 Å². The van der Waals surface area contributed by atoms with Crippen LogP contribution in [0.25, 0.3) is 6.08 Å². The molecule has 0 unspecified atom stereocenters. The Bertz CT molecular complexity index is 1570. The van der Waals surface area contributed by atoms with Crippen molar-refractivity contribution < 1.29 is 23.8 Å². The Balaban J connectivity index is 1.19. The number of nitrogens with one attached hydrogen (secondary N) is 1. The standard InChI is InChI=1S/C32H26N2O5S2/c1-2-37-25-15-11-23(12-16-25)33-30(35)21-38-28-10-6-7-22(19-28)20-29-31(36)34(32(40)41-29)24-13-17-27(18-14-24)39-26-8-4-3-5-9-26/h3-20H,2,21H2,1H3,(H,33,35)/b29-20-. The van der Waals surface area contributed by atoms with Crippen LogP contribution in [0.4, 0.5) is 11.4 Å². The van der Waals surface area contributed by atoms with Crippen molar-refractivity contribution in [2.75, 3.05) is 23.4 Å². The number of thioether (sulfide) groups is 1. The van der Waals surface area contributed by atoms with Crippen LogP contribution < -0.4 is 24.4 Å². The third kappa shape index (κ3) is 7.33. The molecule has 1 aliphatic rings. The van der Waals surface area contributed by atoms with Gasteiger partial charge in [0, 0.05) is 5.69 Å². The summed E-state index contributed by atoms with van der Waals surface area (Å²) in [5.41, 5.74) is 2.06. The van der Waals surface area contributed by atoms with Gasteiger partial charge in [0.25, 0.3) is 11.8 Å². The van der Waals surface area contributed by atoms with Crippen LogP contribution in [0.15, 0.2) is 108 Å². The molecule has 206 valence electrons. The van der Waals surface area contributed by atoms with E-state index in [4.69, 9.17) is 26.4 Å². The molecule has 41 heavy (non-hydrogen) atoms. The number of hydrogen-bond acceptors (Lipinski definition) is 7. The number of thiocarbonyl (C=S) groups is 1. The van der Waals surface area contributed by atoms with Crippen LogP contribution in [-0.4, -0.2) is 29.3 Å². The summed E-state index contributed by atoms with van der Waals surface area (Å²) in [6, 6.07) is 31.0. The number of rotatable bonds is 10. The first kappa shape index (κ1) is 27.9. The average molecular weight is 583 g/mol. The highest BCUT2D eigenvalue weighted by molar-refractivity contribution is 8.27. The lowest BCUT2D eigenvalue weighted by atomic mass is 10.2. The molecule has 7 nitrogen and oxygen atoms in total. The molecule has 1 heterocycles. The topological polar surface area (TPSA) is 77.1 Å².